The number of hydrogen-bond acceptors (Lipinski definition) is 8. The molecule has 67 heavy (non-hydrogen) atoms. The van der Waals surface area contributed by atoms with E-state index in [0.29, 0.717) is 44.5 Å². The number of anilines is 1. The third-order valence-electron chi connectivity index (χ3n) is 13.4. The summed E-state index contributed by atoms with van der Waals surface area (Å²) in [7, 11) is 0. The van der Waals surface area contributed by atoms with Gasteiger partial charge in [0.2, 0.25) is 29.5 Å². The van der Waals surface area contributed by atoms with Gasteiger partial charge in [0.25, 0.3) is 0 Å². The van der Waals surface area contributed by atoms with Crippen LogP contribution in [0.3, 0.4) is 0 Å². The van der Waals surface area contributed by atoms with Gasteiger partial charge in [0.1, 0.15) is 0 Å². The summed E-state index contributed by atoms with van der Waals surface area (Å²) in [4.78, 5) is 76.4. The van der Waals surface area contributed by atoms with Gasteiger partial charge in [-0.1, -0.05) is 118 Å². The number of benzene rings is 4. The average molecular weight is 951 g/mol. The molecule has 360 valence electrons. The summed E-state index contributed by atoms with van der Waals surface area (Å²) < 4.78 is 0. The Balaban J connectivity index is 0.608. The van der Waals surface area contributed by atoms with E-state index in [-0.39, 0.29) is 64.6 Å². The second kappa shape index (κ2) is 26.1. The number of thioether (sulfide) groups is 2. The number of rotatable bonds is 30. The molecule has 3 aliphatic rings. The van der Waals surface area contributed by atoms with Crippen molar-refractivity contribution in [3.8, 4) is 0 Å². The Kier molecular flexibility index (Phi) is 19.5. The maximum Gasteiger partial charge on any atom is 0.315 e. The summed E-state index contributed by atoms with van der Waals surface area (Å²) in [6.07, 6.45) is 22.0. The van der Waals surface area contributed by atoms with Crippen LogP contribution in [0.25, 0.3) is 32.3 Å². The zero-order valence-electron chi connectivity index (χ0n) is 39.1. The molecule has 3 saturated heterocycles. The highest BCUT2D eigenvalue weighted by molar-refractivity contribution is 8.00. The van der Waals surface area contributed by atoms with Gasteiger partial charge in [-0.2, -0.15) is 0 Å². The Morgan fingerprint density at radius 1 is 0.642 bits per heavy atom. The van der Waals surface area contributed by atoms with E-state index in [1.165, 1.54) is 42.4 Å². The predicted octanol–water partition coefficient (Wildman–Crippen LogP) is 9.43. The summed E-state index contributed by atoms with van der Waals surface area (Å²) in [5.74, 6) is 1.80. The number of amides is 7. The van der Waals surface area contributed by atoms with Crippen LogP contribution in [0.4, 0.5) is 10.5 Å². The number of fused-ring (bicyclic) bond motifs is 1. The smallest absolute Gasteiger partial charge is 0.315 e. The monoisotopic (exact) mass is 950 g/mol. The average Bonchev–Trinajstić information content (AvgIpc) is 3.98. The number of hydrogen-bond donors (Lipinski definition) is 5. The number of urea groups is 1. The highest BCUT2D eigenvalue weighted by atomic mass is 32.2. The zero-order valence-corrected chi connectivity index (χ0v) is 40.7. The Morgan fingerprint density at radius 2 is 1.19 bits per heavy atom. The lowest BCUT2D eigenvalue weighted by atomic mass is 9.93. The first-order valence-electron chi connectivity index (χ1n) is 25.1. The molecule has 3 aliphatic heterocycles. The molecule has 14 heteroatoms. The van der Waals surface area contributed by atoms with Crippen LogP contribution in [0.1, 0.15) is 128 Å². The molecular weight excluding hydrogens is 881 g/mol. The van der Waals surface area contributed by atoms with Crippen LogP contribution >= 0.6 is 23.5 Å². The van der Waals surface area contributed by atoms with Gasteiger partial charge >= 0.3 is 6.03 Å². The fraction of sp³-hybridized carbons (Fsp3) is 0.547. The third kappa shape index (κ3) is 14.4. The molecule has 4 atom stereocenters. The highest BCUT2D eigenvalue weighted by Gasteiger charge is 2.42. The van der Waals surface area contributed by atoms with Crippen molar-refractivity contribution in [2.45, 2.75) is 151 Å². The summed E-state index contributed by atoms with van der Waals surface area (Å²) in [5.41, 5.74) is 0.702. The van der Waals surface area contributed by atoms with Crippen molar-refractivity contribution in [2.24, 2.45) is 0 Å². The van der Waals surface area contributed by atoms with Gasteiger partial charge in [0, 0.05) is 61.7 Å². The topological polar surface area (TPSA) is 166 Å². The Hall–Kier alpha value is -4.82. The number of nitrogens with zero attached hydrogens (tertiary/aromatic N) is 1. The summed E-state index contributed by atoms with van der Waals surface area (Å²) in [6, 6.07) is 18.9. The van der Waals surface area contributed by atoms with Crippen molar-refractivity contribution in [1.29, 1.82) is 0 Å². The number of nitrogens with one attached hydrogen (secondary N) is 5. The van der Waals surface area contributed by atoms with Crippen molar-refractivity contribution in [2.75, 3.05) is 36.0 Å². The maximum atomic E-state index is 13.6. The molecule has 7 rings (SSSR count). The molecule has 12 nitrogen and oxygen atoms in total. The van der Waals surface area contributed by atoms with Gasteiger partial charge in [0.05, 0.1) is 23.0 Å². The van der Waals surface area contributed by atoms with Crippen LogP contribution < -0.4 is 31.5 Å². The summed E-state index contributed by atoms with van der Waals surface area (Å²) >= 11 is 3.46. The van der Waals surface area contributed by atoms with Crippen LogP contribution in [-0.2, 0) is 24.0 Å². The minimum Gasteiger partial charge on any atom is -0.356 e. The maximum absolute atomic E-state index is 13.6. The third-order valence-corrected chi connectivity index (χ3v) is 16.0. The number of carbonyl (C=O) groups excluding carboxylic acids is 6. The number of allylic oxidation sites excluding steroid dienone is 1. The molecule has 5 N–H and O–H groups in total. The fourth-order valence-corrected chi connectivity index (χ4v) is 12.2. The van der Waals surface area contributed by atoms with Gasteiger partial charge in [-0.05, 0) is 83.7 Å². The van der Waals surface area contributed by atoms with Crippen molar-refractivity contribution in [3.05, 3.63) is 66.7 Å². The lowest BCUT2D eigenvalue weighted by molar-refractivity contribution is -0.122. The van der Waals surface area contributed by atoms with Gasteiger partial charge in [0.15, 0.2) is 0 Å². The van der Waals surface area contributed by atoms with E-state index in [9.17, 15) is 28.8 Å². The van der Waals surface area contributed by atoms with E-state index in [1.54, 1.807) is 11.8 Å². The van der Waals surface area contributed by atoms with E-state index >= 15 is 0 Å². The molecule has 0 saturated carbocycles. The van der Waals surface area contributed by atoms with Crippen LogP contribution in [0, 0.1) is 0 Å². The first-order valence-corrected chi connectivity index (χ1v) is 27.2. The van der Waals surface area contributed by atoms with Crippen LogP contribution in [0.5, 0.6) is 0 Å². The number of carbonyl (C=O) groups is 6. The number of unbranched alkanes of at least 4 members (excludes halogenated alkanes) is 12. The molecule has 0 bridgehead atoms. The predicted molar refractivity (Wildman–Crippen MR) is 275 cm³/mol. The molecule has 1 unspecified atom stereocenters. The normalized spacial score (nSPS) is 19.2. The van der Waals surface area contributed by atoms with Gasteiger partial charge < -0.3 is 26.6 Å². The molecule has 4 aromatic rings. The van der Waals surface area contributed by atoms with E-state index in [2.05, 4.69) is 75.1 Å². The second-order valence-corrected chi connectivity index (χ2v) is 21.0. The second-order valence-electron chi connectivity index (χ2n) is 18.4. The SMILES string of the molecule is O=C(CC/C=C/[C@@H]1SC[C@@H]2NC(=O)N[C@@H]21)NCCCCCC(=O)NCCCCCC(=O)NCCCCCCCCCCCSC1CC(=O)N(c2ccc3ccc4cccc5ccc2c3c45)C1=O. The van der Waals surface area contributed by atoms with Crippen LogP contribution in [0.15, 0.2) is 66.7 Å². The van der Waals surface area contributed by atoms with Crippen molar-refractivity contribution in [1.82, 2.24) is 26.6 Å². The van der Waals surface area contributed by atoms with Crippen molar-refractivity contribution >= 4 is 97.1 Å². The summed E-state index contributed by atoms with van der Waals surface area (Å²) in [5, 5.41) is 21.5. The molecule has 3 fully saturated rings. The first kappa shape index (κ1) is 50.1. The molecule has 0 aliphatic carbocycles. The number of imide groups is 1. The Bertz CT molecular complexity index is 2320. The summed E-state index contributed by atoms with van der Waals surface area (Å²) in [6.45, 7) is 1.98. The van der Waals surface area contributed by atoms with E-state index < -0.39 is 0 Å². The van der Waals surface area contributed by atoms with Gasteiger partial charge in [-0.3, -0.25) is 24.0 Å². The van der Waals surface area contributed by atoms with Crippen LogP contribution in [-0.4, -0.2) is 89.3 Å². The lowest BCUT2D eigenvalue weighted by Gasteiger charge is -2.20. The van der Waals surface area contributed by atoms with Crippen molar-refractivity contribution < 1.29 is 28.8 Å². The van der Waals surface area contributed by atoms with Gasteiger partial charge in [-0.15, -0.1) is 23.5 Å². The molecule has 7 amide bonds. The Morgan fingerprint density at radius 3 is 1.85 bits per heavy atom. The molecule has 0 radical (unpaired) electrons. The molecule has 4 aromatic carbocycles. The quantitative estimate of drug-likeness (QED) is 0.0113. The van der Waals surface area contributed by atoms with E-state index in [0.717, 1.165) is 109 Å². The minimum absolute atomic E-state index is 0.0352. The minimum atomic E-state index is -0.315. The molecule has 3 heterocycles. The molecule has 0 aromatic heterocycles. The van der Waals surface area contributed by atoms with E-state index in [4.69, 9.17) is 0 Å². The zero-order chi connectivity index (χ0) is 46.8. The van der Waals surface area contributed by atoms with Crippen LogP contribution in [0.2, 0.25) is 0 Å². The largest absolute Gasteiger partial charge is 0.356 e. The standard InChI is InChI=1S/C53H70N6O6S2/c60-45(22-10-8-15-32-55-46(61)23-11-9-16-33-56-47(62)24-13-12-21-43-51-41(36-67-43)57-53(65)58-51)54-31-14-6-4-2-1-3-5-7-17-34-66-44-35-48(63)59(52(44)64)42-30-28-39-26-25-37-19-18-20-38-27-29-40(42)50(39)49(37)38/h12,18-21,25-30,41,43-44,51H,1-11,13-17,22-24,31-36H2,(H,54,60)(H,55,61)(H,56,62)(H2,57,58,65)/b21-12+/t41-,43-,44?,51-/m0/s1. The van der Waals surface area contributed by atoms with Gasteiger partial charge in [-0.25, -0.2) is 9.69 Å². The molecule has 0 spiro atoms. The lowest BCUT2D eigenvalue weighted by Crippen LogP contribution is -2.35. The molecular formula is C53H70N6O6S2. The van der Waals surface area contributed by atoms with E-state index in [1.807, 2.05) is 30.0 Å². The fourth-order valence-electron chi connectivity index (χ4n) is 9.66. The Labute approximate surface area is 404 Å². The highest BCUT2D eigenvalue weighted by Crippen LogP contribution is 2.41. The van der Waals surface area contributed by atoms with Crippen molar-refractivity contribution in [3.63, 3.8) is 0 Å². The first-order chi connectivity index (χ1) is 32.8.